The molecule has 2 aliphatic rings. The van der Waals surface area contributed by atoms with Crippen molar-refractivity contribution in [2.24, 2.45) is 7.05 Å². The number of aryl methyl sites for hydroxylation is 1. The van der Waals surface area contributed by atoms with E-state index in [0.29, 0.717) is 18.9 Å². The van der Waals surface area contributed by atoms with Crippen LogP contribution in [-0.4, -0.2) is 50.0 Å². The SMILES string of the molecule is Cc1c(-c2ccc(-n3cnn(C)c3=O)cc2C2CCCN2)ccnc1N1CCN(c2cccnc2)C1=O. The lowest BCUT2D eigenvalue weighted by molar-refractivity contribution is 0.255. The molecule has 2 amide bonds. The van der Waals surface area contributed by atoms with Gasteiger partial charge in [-0.3, -0.25) is 14.8 Å². The molecule has 2 saturated heterocycles. The lowest BCUT2D eigenvalue weighted by atomic mass is 9.91. The number of benzene rings is 1. The molecule has 0 spiro atoms. The first-order chi connectivity index (χ1) is 18.0. The Bertz CT molecular complexity index is 1520. The van der Waals surface area contributed by atoms with Gasteiger partial charge in [0.2, 0.25) is 0 Å². The third kappa shape index (κ3) is 3.99. The average molecular weight is 497 g/mol. The standard InChI is InChI=1S/C27H28N8O2/c1-18-21(9-12-30-25(18)34-14-13-33(27(34)37)20-5-3-10-28-16-20)22-8-7-19(35-17-31-32(2)26(35)36)15-23(22)24-6-4-11-29-24/h3,5,7-10,12,15-17,24,29H,4,6,11,13-14H2,1-2H3. The number of nitrogens with zero attached hydrogens (tertiary/aromatic N) is 7. The van der Waals surface area contributed by atoms with Crippen molar-refractivity contribution >= 4 is 17.5 Å². The van der Waals surface area contributed by atoms with E-state index in [0.717, 1.165) is 53.0 Å². The van der Waals surface area contributed by atoms with E-state index in [2.05, 4.69) is 32.5 Å². The Morgan fingerprint density at radius 1 is 1.00 bits per heavy atom. The predicted molar refractivity (Wildman–Crippen MR) is 141 cm³/mol. The Balaban J connectivity index is 1.41. The van der Waals surface area contributed by atoms with Gasteiger partial charge < -0.3 is 5.32 Å². The molecule has 1 atom stereocenters. The zero-order valence-electron chi connectivity index (χ0n) is 20.8. The molecule has 1 aromatic carbocycles. The van der Waals surface area contributed by atoms with E-state index in [9.17, 15) is 9.59 Å². The number of anilines is 2. The number of hydrogen-bond acceptors (Lipinski definition) is 6. The van der Waals surface area contributed by atoms with Crippen molar-refractivity contribution in [3.63, 3.8) is 0 Å². The number of pyridine rings is 2. The van der Waals surface area contributed by atoms with E-state index in [-0.39, 0.29) is 17.8 Å². The van der Waals surface area contributed by atoms with Crippen LogP contribution >= 0.6 is 0 Å². The van der Waals surface area contributed by atoms with E-state index < -0.39 is 0 Å². The summed E-state index contributed by atoms with van der Waals surface area (Å²) in [5.74, 6) is 0.659. The van der Waals surface area contributed by atoms with Gasteiger partial charge in [0, 0.05) is 38.6 Å². The number of nitrogens with one attached hydrogen (secondary N) is 1. The van der Waals surface area contributed by atoms with Crippen LogP contribution in [0.4, 0.5) is 16.3 Å². The molecular weight excluding hydrogens is 468 g/mol. The first kappa shape index (κ1) is 23.1. The van der Waals surface area contributed by atoms with Crippen LogP contribution in [0.1, 0.15) is 30.0 Å². The molecule has 0 saturated carbocycles. The number of hydrogen-bond donors (Lipinski definition) is 1. The normalized spacial score (nSPS) is 17.7. The highest BCUT2D eigenvalue weighted by atomic mass is 16.2. The second-order valence-electron chi connectivity index (χ2n) is 9.43. The molecule has 188 valence electrons. The molecule has 2 fully saturated rings. The molecule has 10 heteroatoms. The van der Waals surface area contributed by atoms with Gasteiger partial charge in [0.25, 0.3) is 0 Å². The van der Waals surface area contributed by atoms with Gasteiger partial charge in [0.15, 0.2) is 0 Å². The smallest absolute Gasteiger partial charge is 0.310 e. The Hall–Kier alpha value is -4.31. The summed E-state index contributed by atoms with van der Waals surface area (Å²) < 4.78 is 2.88. The monoisotopic (exact) mass is 496 g/mol. The van der Waals surface area contributed by atoms with Crippen molar-refractivity contribution in [3.05, 3.63) is 82.9 Å². The first-order valence-electron chi connectivity index (χ1n) is 12.5. The van der Waals surface area contributed by atoms with E-state index in [1.54, 1.807) is 46.3 Å². The number of carbonyl (C=O) groups excluding carboxylic acids is 1. The molecule has 10 nitrogen and oxygen atoms in total. The highest BCUT2D eigenvalue weighted by molar-refractivity contribution is 6.06. The van der Waals surface area contributed by atoms with Gasteiger partial charge in [-0.05, 0) is 78.9 Å². The van der Waals surface area contributed by atoms with Crippen molar-refractivity contribution in [1.29, 1.82) is 0 Å². The molecule has 5 heterocycles. The van der Waals surface area contributed by atoms with Gasteiger partial charge in [0.05, 0.1) is 17.6 Å². The van der Waals surface area contributed by atoms with Gasteiger partial charge in [-0.25, -0.2) is 23.8 Å². The number of amides is 2. The molecule has 6 rings (SSSR count). The van der Waals surface area contributed by atoms with Crippen molar-refractivity contribution < 1.29 is 4.79 Å². The van der Waals surface area contributed by atoms with E-state index in [4.69, 9.17) is 0 Å². The largest absolute Gasteiger partial charge is 0.350 e. The molecule has 1 unspecified atom stereocenters. The molecule has 0 radical (unpaired) electrons. The maximum absolute atomic E-state index is 13.4. The Morgan fingerprint density at radius 3 is 2.59 bits per heavy atom. The van der Waals surface area contributed by atoms with Crippen LogP contribution in [0, 0.1) is 6.92 Å². The minimum Gasteiger partial charge on any atom is -0.310 e. The summed E-state index contributed by atoms with van der Waals surface area (Å²) in [6, 6.07) is 11.9. The molecule has 1 N–H and O–H groups in total. The number of urea groups is 1. The summed E-state index contributed by atoms with van der Waals surface area (Å²) in [5, 5.41) is 7.70. The fourth-order valence-corrected chi connectivity index (χ4v) is 5.32. The molecule has 0 aliphatic carbocycles. The number of rotatable bonds is 5. The first-order valence-corrected chi connectivity index (χ1v) is 12.5. The predicted octanol–water partition coefficient (Wildman–Crippen LogP) is 3.21. The van der Waals surface area contributed by atoms with Gasteiger partial charge in [0.1, 0.15) is 12.1 Å². The molecule has 3 aromatic heterocycles. The van der Waals surface area contributed by atoms with Crippen LogP contribution in [0.15, 0.2) is 66.1 Å². The third-order valence-electron chi connectivity index (χ3n) is 7.26. The van der Waals surface area contributed by atoms with E-state index >= 15 is 0 Å². The Kier molecular flexibility index (Phi) is 5.80. The second kappa shape index (κ2) is 9.29. The topological polar surface area (TPSA) is 101 Å². The summed E-state index contributed by atoms with van der Waals surface area (Å²) in [4.78, 5) is 38.2. The Morgan fingerprint density at radius 2 is 1.86 bits per heavy atom. The summed E-state index contributed by atoms with van der Waals surface area (Å²) >= 11 is 0. The summed E-state index contributed by atoms with van der Waals surface area (Å²) in [6.07, 6.45) is 8.82. The Labute approximate surface area is 214 Å². The molecule has 37 heavy (non-hydrogen) atoms. The van der Waals surface area contributed by atoms with Crippen LogP contribution in [0.25, 0.3) is 16.8 Å². The van der Waals surface area contributed by atoms with Crippen LogP contribution in [0.5, 0.6) is 0 Å². The fraction of sp³-hybridized carbons (Fsp3) is 0.296. The number of aromatic nitrogens is 5. The second-order valence-corrected chi connectivity index (χ2v) is 9.43. The van der Waals surface area contributed by atoms with Crippen molar-refractivity contribution in [1.82, 2.24) is 29.6 Å². The minimum atomic E-state index is -0.189. The van der Waals surface area contributed by atoms with Gasteiger partial charge in [-0.15, -0.1) is 0 Å². The number of carbonyl (C=O) groups is 1. The van der Waals surface area contributed by atoms with Crippen molar-refractivity contribution in [3.8, 4) is 16.8 Å². The average Bonchev–Trinajstić information content (AvgIpc) is 3.66. The maximum atomic E-state index is 13.4. The summed E-state index contributed by atoms with van der Waals surface area (Å²) in [7, 11) is 1.64. The van der Waals surface area contributed by atoms with Gasteiger partial charge >= 0.3 is 11.7 Å². The van der Waals surface area contributed by atoms with Gasteiger partial charge in [-0.2, -0.15) is 5.10 Å². The van der Waals surface area contributed by atoms with Crippen LogP contribution in [0.2, 0.25) is 0 Å². The lowest BCUT2D eigenvalue weighted by Crippen LogP contribution is -2.32. The zero-order valence-corrected chi connectivity index (χ0v) is 20.8. The van der Waals surface area contributed by atoms with E-state index in [1.165, 1.54) is 4.68 Å². The maximum Gasteiger partial charge on any atom is 0.350 e. The third-order valence-corrected chi connectivity index (χ3v) is 7.26. The van der Waals surface area contributed by atoms with Crippen LogP contribution in [-0.2, 0) is 7.05 Å². The van der Waals surface area contributed by atoms with Crippen LogP contribution in [0.3, 0.4) is 0 Å². The quantitative estimate of drug-likeness (QED) is 0.455. The summed E-state index contributed by atoms with van der Waals surface area (Å²) in [5.41, 5.74) is 5.51. The highest BCUT2D eigenvalue weighted by Gasteiger charge is 2.33. The lowest BCUT2D eigenvalue weighted by Gasteiger charge is -2.23. The molecular formula is C27H28N8O2. The molecule has 0 bridgehead atoms. The highest BCUT2D eigenvalue weighted by Crippen LogP contribution is 2.38. The van der Waals surface area contributed by atoms with E-state index in [1.807, 2.05) is 31.2 Å². The van der Waals surface area contributed by atoms with Crippen molar-refractivity contribution in [2.75, 3.05) is 29.4 Å². The van der Waals surface area contributed by atoms with Crippen molar-refractivity contribution in [2.45, 2.75) is 25.8 Å². The molecule has 4 aromatic rings. The van der Waals surface area contributed by atoms with Gasteiger partial charge in [-0.1, -0.05) is 6.07 Å². The molecule has 2 aliphatic heterocycles. The summed E-state index contributed by atoms with van der Waals surface area (Å²) in [6.45, 7) is 4.09. The minimum absolute atomic E-state index is 0.107. The fourth-order valence-electron chi connectivity index (χ4n) is 5.32. The van der Waals surface area contributed by atoms with Crippen LogP contribution < -0.4 is 20.8 Å². The zero-order chi connectivity index (χ0) is 25.5.